The SMILES string of the molecule is CCC(C)(CCBr)NC(=O)CC(F)(F)F. The van der Waals surface area contributed by atoms with E-state index in [1.165, 1.54) is 0 Å². The van der Waals surface area contributed by atoms with E-state index in [0.717, 1.165) is 0 Å². The van der Waals surface area contributed by atoms with Gasteiger partial charge >= 0.3 is 6.18 Å². The highest BCUT2D eigenvalue weighted by Crippen LogP contribution is 2.21. The number of carbonyl (C=O) groups excluding carboxylic acids is 1. The first-order valence-corrected chi connectivity index (χ1v) is 5.78. The quantitative estimate of drug-likeness (QED) is 0.775. The molecule has 0 aliphatic carbocycles. The van der Waals surface area contributed by atoms with E-state index in [0.29, 0.717) is 18.2 Å². The van der Waals surface area contributed by atoms with Crippen LogP contribution in [0.4, 0.5) is 13.2 Å². The lowest BCUT2D eigenvalue weighted by molar-refractivity contribution is -0.155. The van der Waals surface area contributed by atoms with Crippen LogP contribution in [0.2, 0.25) is 0 Å². The van der Waals surface area contributed by atoms with Gasteiger partial charge in [0.15, 0.2) is 0 Å². The zero-order chi connectivity index (χ0) is 12.1. The van der Waals surface area contributed by atoms with Crippen LogP contribution in [0, 0.1) is 0 Å². The van der Waals surface area contributed by atoms with E-state index in [1.54, 1.807) is 6.92 Å². The summed E-state index contributed by atoms with van der Waals surface area (Å²) in [5, 5.41) is 3.05. The zero-order valence-electron chi connectivity index (χ0n) is 8.75. The predicted octanol–water partition coefficient (Wildman–Crippen LogP) is 3.01. The van der Waals surface area contributed by atoms with Crippen LogP contribution in [0.25, 0.3) is 0 Å². The van der Waals surface area contributed by atoms with Gasteiger partial charge in [-0.15, -0.1) is 0 Å². The van der Waals surface area contributed by atoms with Crippen molar-refractivity contribution in [3.05, 3.63) is 0 Å². The molecule has 15 heavy (non-hydrogen) atoms. The Hall–Kier alpha value is -0.260. The number of carbonyl (C=O) groups is 1. The first-order valence-electron chi connectivity index (χ1n) is 4.66. The average Bonchev–Trinajstić information content (AvgIpc) is 2.00. The van der Waals surface area contributed by atoms with Crippen LogP contribution in [0.5, 0.6) is 0 Å². The van der Waals surface area contributed by atoms with E-state index in [9.17, 15) is 18.0 Å². The van der Waals surface area contributed by atoms with E-state index >= 15 is 0 Å². The maximum Gasteiger partial charge on any atom is 0.397 e. The fraction of sp³-hybridized carbons (Fsp3) is 0.889. The minimum atomic E-state index is -4.44. The van der Waals surface area contributed by atoms with Gasteiger partial charge in [0, 0.05) is 10.9 Å². The number of alkyl halides is 4. The highest BCUT2D eigenvalue weighted by atomic mass is 79.9. The zero-order valence-corrected chi connectivity index (χ0v) is 10.3. The molecule has 0 saturated heterocycles. The van der Waals surface area contributed by atoms with Crippen molar-refractivity contribution in [2.45, 2.75) is 44.8 Å². The van der Waals surface area contributed by atoms with Crippen molar-refractivity contribution in [3.63, 3.8) is 0 Å². The molecule has 0 aromatic carbocycles. The Morgan fingerprint density at radius 3 is 2.27 bits per heavy atom. The van der Waals surface area contributed by atoms with Crippen molar-refractivity contribution in [2.75, 3.05) is 5.33 Å². The molecule has 1 unspecified atom stereocenters. The van der Waals surface area contributed by atoms with Gasteiger partial charge in [0.05, 0.1) is 0 Å². The van der Waals surface area contributed by atoms with Crippen LogP contribution in [-0.4, -0.2) is 23.0 Å². The molecule has 90 valence electrons. The van der Waals surface area contributed by atoms with Crippen LogP contribution in [0.15, 0.2) is 0 Å². The highest BCUT2D eigenvalue weighted by Gasteiger charge is 2.33. The smallest absolute Gasteiger partial charge is 0.351 e. The Morgan fingerprint density at radius 2 is 1.93 bits per heavy atom. The van der Waals surface area contributed by atoms with E-state index in [2.05, 4.69) is 21.2 Å². The first kappa shape index (κ1) is 14.7. The van der Waals surface area contributed by atoms with Crippen molar-refractivity contribution >= 4 is 21.8 Å². The molecule has 1 amide bonds. The Bertz CT molecular complexity index is 220. The van der Waals surface area contributed by atoms with Gasteiger partial charge in [0.2, 0.25) is 5.91 Å². The Balaban J connectivity index is 4.24. The average molecular weight is 290 g/mol. The van der Waals surface area contributed by atoms with Crippen molar-refractivity contribution in [2.24, 2.45) is 0 Å². The second kappa shape index (κ2) is 5.72. The monoisotopic (exact) mass is 289 g/mol. The molecule has 0 aliphatic rings. The van der Waals surface area contributed by atoms with Crippen molar-refractivity contribution in [1.82, 2.24) is 5.32 Å². The Morgan fingerprint density at radius 1 is 1.40 bits per heavy atom. The van der Waals surface area contributed by atoms with E-state index in [-0.39, 0.29) is 0 Å². The molecule has 0 aromatic rings. The third-order valence-electron chi connectivity index (χ3n) is 2.23. The maximum absolute atomic E-state index is 11.9. The first-order chi connectivity index (χ1) is 6.72. The molecule has 0 aliphatic heterocycles. The highest BCUT2D eigenvalue weighted by molar-refractivity contribution is 9.09. The van der Waals surface area contributed by atoms with Crippen LogP contribution in [-0.2, 0) is 4.79 Å². The molecule has 0 rings (SSSR count). The molecule has 0 radical (unpaired) electrons. The fourth-order valence-corrected chi connectivity index (χ4v) is 1.97. The summed E-state index contributed by atoms with van der Waals surface area (Å²) in [7, 11) is 0. The van der Waals surface area contributed by atoms with E-state index in [1.807, 2.05) is 6.92 Å². The molecule has 0 saturated carbocycles. The molecule has 1 atom stereocenters. The van der Waals surface area contributed by atoms with Gasteiger partial charge in [-0.25, -0.2) is 0 Å². The largest absolute Gasteiger partial charge is 0.397 e. The summed E-state index contributed by atoms with van der Waals surface area (Å²) in [6, 6.07) is 0. The summed E-state index contributed by atoms with van der Waals surface area (Å²) >= 11 is 3.20. The van der Waals surface area contributed by atoms with Gasteiger partial charge in [-0.3, -0.25) is 4.79 Å². The number of amides is 1. The molecule has 0 heterocycles. The number of rotatable bonds is 5. The molecule has 1 N–H and O–H groups in total. The number of hydrogen-bond donors (Lipinski definition) is 1. The second-order valence-corrected chi connectivity index (χ2v) is 4.49. The van der Waals surface area contributed by atoms with Gasteiger partial charge in [-0.05, 0) is 19.8 Å². The third-order valence-corrected chi connectivity index (χ3v) is 2.63. The molecule has 0 aromatic heterocycles. The van der Waals surface area contributed by atoms with Crippen molar-refractivity contribution in [3.8, 4) is 0 Å². The molecule has 0 fully saturated rings. The van der Waals surface area contributed by atoms with Crippen LogP contribution in [0.3, 0.4) is 0 Å². The third kappa shape index (κ3) is 6.76. The van der Waals surface area contributed by atoms with Gasteiger partial charge in [-0.2, -0.15) is 13.2 Å². The summed E-state index contributed by atoms with van der Waals surface area (Å²) in [4.78, 5) is 11.1. The lowest BCUT2D eigenvalue weighted by Crippen LogP contribution is -2.46. The minimum absolute atomic E-state index is 0.564. The molecule has 2 nitrogen and oxygen atoms in total. The van der Waals surface area contributed by atoms with Gasteiger partial charge in [-0.1, -0.05) is 22.9 Å². The van der Waals surface area contributed by atoms with Gasteiger partial charge < -0.3 is 5.32 Å². The summed E-state index contributed by atoms with van der Waals surface area (Å²) in [6.45, 7) is 3.57. The maximum atomic E-state index is 11.9. The van der Waals surface area contributed by atoms with Gasteiger partial charge in [0.1, 0.15) is 6.42 Å². The lowest BCUT2D eigenvalue weighted by Gasteiger charge is -2.29. The molecule has 6 heteroatoms. The Labute approximate surface area is 95.7 Å². The topological polar surface area (TPSA) is 29.1 Å². The molecular formula is C9H15BrF3NO. The van der Waals surface area contributed by atoms with E-state index < -0.39 is 24.0 Å². The summed E-state index contributed by atoms with van der Waals surface area (Å²) in [5.41, 5.74) is -0.564. The summed E-state index contributed by atoms with van der Waals surface area (Å²) in [5.74, 6) is -0.965. The van der Waals surface area contributed by atoms with Crippen LogP contribution in [0.1, 0.15) is 33.1 Å². The van der Waals surface area contributed by atoms with Crippen molar-refractivity contribution < 1.29 is 18.0 Å². The standard InChI is InChI=1S/C9H15BrF3NO/c1-3-8(2,4-5-10)14-7(15)6-9(11,12)13/h3-6H2,1-2H3,(H,14,15). The minimum Gasteiger partial charge on any atom is -0.351 e. The van der Waals surface area contributed by atoms with Crippen molar-refractivity contribution in [1.29, 1.82) is 0 Å². The van der Waals surface area contributed by atoms with Crippen LogP contribution < -0.4 is 5.32 Å². The second-order valence-electron chi connectivity index (χ2n) is 3.69. The summed E-state index contributed by atoms with van der Waals surface area (Å²) in [6.07, 6.45) is -4.65. The molecule has 0 bridgehead atoms. The molecule has 0 spiro atoms. The van der Waals surface area contributed by atoms with Crippen LogP contribution >= 0.6 is 15.9 Å². The Kier molecular flexibility index (Phi) is 5.62. The van der Waals surface area contributed by atoms with E-state index in [4.69, 9.17) is 0 Å². The number of halogens is 4. The number of nitrogens with one attached hydrogen (secondary N) is 1. The molecular weight excluding hydrogens is 275 g/mol. The lowest BCUT2D eigenvalue weighted by atomic mass is 9.95. The normalized spacial score (nSPS) is 15.9. The fourth-order valence-electron chi connectivity index (χ4n) is 1.10. The number of hydrogen-bond acceptors (Lipinski definition) is 1. The van der Waals surface area contributed by atoms with Gasteiger partial charge in [0.25, 0.3) is 0 Å². The predicted molar refractivity (Wildman–Crippen MR) is 55.9 cm³/mol. The summed E-state index contributed by atoms with van der Waals surface area (Å²) < 4.78 is 35.7.